The molecule has 1 aliphatic heterocycles. The Morgan fingerprint density at radius 1 is 1.14 bits per heavy atom. The van der Waals surface area contributed by atoms with Crippen molar-refractivity contribution < 1.29 is 4.74 Å². The minimum atomic E-state index is -0.101. The van der Waals surface area contributed by atoms with Crippen molar-refractivity contribution in [3.05, 3.63) is 92.6 Å². The van der Waals surface area contributed by atoms with Gasteiger partial charge in [0.15, 0.2) is 0 Å². The number of nitrogens with two attached hydrogens (primary N) is 1. The third kappa shape index (κ3) is 5.13. The van der Waals surface area contributed by atoms with Crippen LogP contribution >= 0.6 is 11.3 Å². The smallest absolute Gasteiger partial charge is 0.273 e. The number of fused-ring (bicyclic) bond motifs is 1. The molecule has 8 heteroatoms. The van der Waals surface area contributed by atoms with Gasteiger partial charge in [-0.25, -0.2) is 4.98 Å². The number of hydrogen-bond acceptors (Lipinski definition) is 7. The predicted molar refractivity (Wildman–Crippen MR) is 138 cm³/mol. The molecular formula is C27H27N5O2S. The molecule has 3 heterocycles. The number of benzene rings is 2. The van der Waals surface area contributed by atoms with Crippen molar-refractivity contribution in [3.63, 3.8) is 0 Å². The maximum Gasteiger partial charge on any atom is 0.273 e. The van der Waals surface area contributed by atoms with Crippen LogP contribution < -0.4 is 16.2 Å². The van der Waals surface area contributed by atoms with E-state index in [0.29, 0.717) is 41.5 Å². The van der Waals surface area contributed by atoms with Gasteiger partial charge in [0.2, 0.25) is 5.95 Å². The van der Waals surface area contributed by atoms with Crippen LogP contribution in [0.4, 0.5) is 5.95 Å². The lowest BCUT2D eigenvalue weighted by molar-refractivity contribution is 0.109. The Morgan fingerprint density at radius 3 is 2.74 bits per heavy atom. The van der Waals surface area contributed by atoms with Crippen molar-refractivity contribution in [2.45, 2.75) is 38.6 Å². The molecule has 5 rings (SSSR count). The number of aromatic nitrogens is 2. The number of nitrogens with zero attached hydrogens (tertiary/aromatic N) is 4. The molecule has 0 spiro atoms. The fraction of sp³-hybridized carbons (Fsp3) is 0.296. The van der Waals surface area contributed by atoms with Crippen molar-refractivity contribution in [2.75, 3.05) is 18.0 Å². The topological polar surface area (TPSA) is 97.2 Å². The Balaban J connectivity index is 1.50. The molecule has 2 aromatic carbocycles. The van der Waals surface area contributed by atoms with E-state index in [1.807, 2.05) is 54.6 Å². The van der Waals surface area contributed by atoms with Crippen LogP contribution in [0.25, 0.3) is 10.2 Å². The molecule has 1 fully saturated rings. The van der Waals surface area contributed by atoms with E-state index in [0.717, 1.165) is 35.4 Å². The summed E-state index contributed by atoms with van der Waals surface area (Å²) in [6, 6.07) is 21.6. The molecule has 1 saturated heterocycles. The fourth-order valence-corrected chi connectivity index (χ4v) is 5.46. The highest BCUT2D eigenvalue weighted by molar-refractivity contribution is 7.18. The van der Waals surface area contributed by atoms with Crippen LogP contribution in [0.15, 0.2) is 65.5 Å². The SMILES string of the molecule is N#Cc1ccccc1Cn1c(N2CCCC(N)C2)nc2cc(COCc3ccccc3)sc2c1=O. The van der Waals surface area contributed by atoms with Crippen molar-refractivity contribution in [1.82, 2.24) is 9.55 Å². The second-order valence-electron chi connectivity index (χ2n) is 8.83. The summed E-state index contributed by atoms with van der Waals surface area (Å²) in [5, 5.41) is 9.57. The Morgan fingerprint density at radius 2 is 1.94 bits per heavy atom. The quantitative estimate of drug-likeness (QED) is 0.425. The lowest BCUT2D eigenvalue weighted by Gasteiger charge is -2.33. The number of nitriles is 1. The minimum Gasteiger partial charge on any atom is -0.371 e. The van der Waals surface area contributed by atoms with E-state index < -0.39 is 0 Å². The van der Waals surface area contributed by atoms with Gasteiger partial charge >= 0.3 is 0 Å². The van der Waals surface area contributed by atoms with Crippen LogP contribution in [0.5, 0.6) is 0 Å². The van der Waals surface area contributed by atoms with Crippen LogP contribution in [0.3, 0.4) is 0 Å². The summed E-state index contributed by atoms with van der Waals surface area (Å²) in [5.74, 6) is 0.611. The third-order valence-electron chi connectivity index (χ3n) is 6.23. The van der Waals surface area contributed by atoms with E-state index in [9.17, 15) is 10.1 Å². The number of piperidine rings is 1. The van der Waals surface area contributed by atoms with Gasteiger partial charge in [0, 0.05) is 24.0 Å². The van der Waals surface area contributed by atoms with E-state index in [-0.39, 0.29) is 18.1 Å². The molecule has 1 aliphatic rings. The summed E-state index contributed by atoms with van der Waals surface area (Å²) in [6.45, 7) is 2.65. The molecule has 0 aliphatic carbocycles. The summed E-state index contributed by atoms with van der Waals surface area (Å²) in [7, 11) is 0. The standard InChI is InChI=1S/C27H27N5O2S/c28-14-20-9-4-5-10-21(20)15-32-26(33)25-24(30-27(32)31-12-6-11-22(29)16-31)13-23(35-25)18-34-17-19-7-2-1-3-8-19/h1-5,7-10,13,22H,6,11-12,15-18,29H2. The van der Waals surface area contributed by atoms with Crippen molar-refractivity contribution in [3.8, 4) is 6.07 Å². The fourth-order valence-electron chi connectivity index (χ4n) is 4.48. The first-order chi connectivity index (χ1) is 17.1. The Bertz CT molecular complexity index is 1420. The molecule has 35 heavy (non-hydrogen) atoms. The van der Waals surface area contributed by atoms with Gasteiger partial charge in [-0.15, -0.1) is 11.3 Å². The molecule has 1 atom stereocenters. The first-order valence-electron chi connectivity index (χ1n) is 11.8. The van der Waals surface area contributed by atoms with E-state index in [4.69, 9.17) is 15.5 Å². The van der Waals surface area contributed by atoms with E-state index in [1.165, 1.54) is 11.3 Å². The average molecular weight is 486 g/mol. The van der Waals surface area contributed by atoms with E-state index >= 15 is 0 Å². The number of rotatable bonds is 7. The van der Waals surface area contributed by atoms with Gasteiger partial charge in [-0.3, -0.25) is 9.36 Å². The monoisotopic (exact) mass is 485 g/mol. The van der Waals surface area contributed by atoms with Crippen LogP contribution in [-0.4, -0.2) is 28.7 Å². The summed E-state index contributed by atoms with van der Waals surface area (Å²) < 4.78 is 8.20. The molecule has 2 N–H and O–H groups in total. The molecule has 1 unspecified atom stereocenters. The summed E-state index contributed by atoms with van der Waals surface area (Å²) in [4.78, 5) is 21.7. The Kier molecular flexibility index (Phi) is 6.91. The van der Waals surface area contributed by atoms with Gasteiger partial charge in [0.25, 0.3) is 5.56 Å². The van der Waals surface area contributed by atoms with Crippen molar-refractivity contribution in [2.24, 2.45) is 5.73 Å². The molecule has 2 aromatic heterocycles. The van der Waals surface area contributed by atoms with Gasteiger partial charge < -0.3 is 15.4 Å². The largest absolute Gasteiger partial charge is 0.371 e. The highest BCUT2D eigenvalue weighted by Gasteiger charge is 2.24. The predicted octanol–water partition coefficient (Wildman–Crippen LogP) is 4.02. The minimum absolute atomic E-state index is 0.0422. The molecule has 0 saturated carbocycles. The normalized spacial score (nSPS) is 15.9. The molecule has 4 aromatic rings. The average Bonchev–Trinajstić information content (AvgIpc) is 3.30. The second kappa shape index (κ2) is 10.4. The molecule has 7 nitrogen and oxygen atoms in total. The van der Waals surface area contributed by atoms with Gasteiger partial charge in [-0.2, -0.15) is 5.26 Å². The highest BCUT2D eigenvalue weighted by Crippen LogP contribution is 2.27. The van der Waals surface area contributed by atoms with Crippen molar-refractivity contribution in [1.29, 1.82) is 5.26 Å². The highest BCUT2D eigenvalue weighted by atomic mass is 32.1. The first-order valence-corrected chi connectivity index (χ1v) is 12.6. The Labute approximate surface area is 208 Å². The van der Waals surface area contributed by atoms with Gasteiger partial charge in [0.1, 0.15) is 4.70 Å². The number of hydrogen-bond donors (Lipinski definition) is 1. The first kappa shape index (κ1) is 23.2. The van der Waals surface area contributed by atoms with Gasteiger partial charge in [-0.05, 0) is 36.1 Å². The van der Waals surface area contributed by atoms with Gasteiger partial charge in [-0.1, -0.05) is 48.5 Å². The summed E-state index contributed by atoms with van der Waals surface area (Å²) >= 11 is 1.42. The molecule has 178 valence electrons. The summed E-state index contributed by atoms with van der Waals surface area (Å²) in [5.41, 5.74) is 9.29. The summed E-state index contributed by atoms with van der Waals surface area (Å²) in [6.07, 6.45) is 1.91. The zero-order valence-electron chi connectivity index (χ0n) is 19.4. The second-order valence-corrected chi connectivity index (χ2v) is 9.96. The van der Waals surface area contributed by atoms with Gasteiger partial charge in [0.05, 0.1) is 36.9 Å². The number of anilines is 1. The zero-order chi connectivity index (χ0) is 24.2. The molecule has 0 amide bonds. The van der Waals surface area contributed by atoms with Crippen LogP contribution in [0.1, 0.15) is 34.4 Å². The Hall–Kier alpha value is -3.51. The van der Waals surface area contributed by atoms with E-state index in [1.54, 1.807) is 10.6 Å². The molecule has 0 radical (unpaired) electrons. The van der Waals surface area contributed by atoms with Crippen molar-refractivity contribution >= 4 is 27.5 Å². The van der Waals surface area contributed by atoms with Crippen LogP contribution in [0, 0.1) is 11.3 Å². The molecular weight excluding hydrogens is 458 g/mol. The number of ether oxygens (including phenoxy) is 1. The van der Waals surface area contributed by atoms with Crippen LogP contribution in [-0.2, 0) is 24.5 Å². The third-order valence-corrected chi connectivity index (χ3v) is 7.31. The van der Waals surface area contributed by atoms with Crippen LogP contribution in [0.2, 0.25) is 0 Å². The maximum absolute atomic E-state index is 13.7. The van der Waals surface area contributed by atoms with E-state index in [2.05, 4.69) is 11.0 Å². The lowest BCUT2D eigenvalue weighted by atomic mass is 10.1. The number of thiophene rings is 1. The molecule has 0 bridgehead atoms. The lowest BCUT2D eigenvalue weighted by Crippen LogP contribution is -2.45. The zero-order valence-corrected chi connectivity index (χ0v) is 20.2. The maximum atomic E-state index is 13.7.